The van der Waals surface area contributed by atoms with E-state index in [1.807, 2.05) is 42.8 Å². The van der Waals surface area contributed by atoms with E-state index in [0.717, 1.165) is 28.5 Å². The van der Waals surface area contributed by atoms with Gasteiger partial charge in [-0.1, -0.05) is 42.5 Å². The molecule has 0 aliphatic carbocycles. The minimum Gasteiger partial charge on any atom is -0.496 e. The summed E-state index contributed by atoms with van der Waals surface area (Å²) in [7, 11) is 3.65. The molecule has 2 N–H and O–H groups in total. The number of guanidine groups is 1. The molecule has 29 heavy (non-hydrogen) atoms. The number of methoxy groups -OCH3 is 1. The molecule has 0 spiro atoms. The Hall–Kier alpha value is -3.35. The van der Waals surface area contributed by atoms with Gasteiger partial charge in [0.05, 0.1) is 20.2 Å². The fourth-order valence-corrected chi connectivity index (χ4v) is 2.87. The number of nitrogens with one attached hydrogen (secondary N) is 2. The average Bonchev–Trinajstić information content (AvgIpc) is 3.06. The summed E-state index contributed by atoms with van der Waals surface area (Å²) in [5, 5.41) is 15.1. The van der Waals surface area contributed by atoms with Gasteiger partial charge in [-0.05, 0) is 31.0 Å². The van der Waals surface area contributed by atoms with Crippen LogP contribution in [0.25, 0.3) is 0 Å². The maximum atomic E-state index is 5.51. The fourth-order valence-electron chi connectivity index (χ4n) is 2.87. The van der Waals surface area contributed by atoms with Crippen LogP contribution in [0.15, 0.2) is 53.5 Å². The molecule has 0 bridgehead atoms. The second-order valence-corrected chi connectivity index (χ2v) is 6.90. The van der Waals surface area contributed by atoms with Gasteiger partial charge in [0.15, 0.2) is 11.8 Å². The number of rotatable bonds is 7. The normalized spacial score (nSPS) is 11.4. The molecule has 7 heteroatoms. The summed E-state index contributed by atoms with van der Waals surface area (Å²) in [6.45, 7) is 5.70. The largest absolute Gasteiger partial charge is 0.496 e. The predicted octanol–water partition coefficient (Wildman–Crippen LogP) is 2.88. The van der Waals surface area contributed by atoms with Crippen molar-refractivity contribution >= 4 is 5.96 Å². The highest BCUT2D eigenvalue weighted by atomic mass is 16.5. The second kappa shape index (κ2) is 9.73. The van der Waals surface area contributed by atoms with E-state index in [1.165, 1.54) is 5.56 Å². The first-order valence-electron chi connectivity index (χ1n) is 9.61. The zero-order valence-corrected chi connectivity index (χ0v) is 17.4. The van der Waals surface area contributed by atoms with Crippen LogP contribution in [0.5, 0.6) is 5.75 Å². The molecule has 3 rings (SSSR count). The Morgan fingerprint density at radius 3 is 2.48 bits per heavy atom. The molecule has 0 aliphatic rings. The summed E-state index contributed by atoms with van der Waals surface area (Å²) in [6.07, 6.45) is 0. The molecule has 152 valence electrons. The molecule has 0 saturated carbocycles. The monoisotopic (exact) mass is 392 g/mol. The second-order valence-electron chi connectivity index (χ2n) is 6.90. The first-order chi connectivity index (χ1) is 14.1. The highest BCUT2D eigenvalue weighted by Gasteiger charge is 2.08. The van der Waals surface area contributed by atoms with Crippen molar-refractivity contribution in [3.63, 3.8) is 0 Å². The Balaban J connectivity index is 1.72. The Morgan fingerprint density at radius 1 is 1.03 bits per heavy atom. The van der Waals surface area contributed by atoms with E-state index in [0.29, 0.717) is 25.6 Å². The highest BCUT2D eigenvalue weighted by Crippen LogP contribution is 2.19. The first-order valence-corrected chi connectivity index (χ1v) is 9.61. The molecule has 3 aromatic rings. The highest BCUT2D eigenvalue weighted by molar-refractivity contribution is 5.79. The van der Waals surface area contributed by atoms with E-state index in [2.05, 4.69) is 52.0 Å². The first kappa shape index (κ1) is 20.4. The standard InChI is InChI=1S/C22H28N6O/c1-16-10-11-19(20(12-16)29-4)14-24-22(23-13-18-8-6-5-7-9-18)25-15-21-27-26-17(2)28(21)3/h5-12H,13-15H2,1-4H3,(H2,23,24,25). The molecular weight excluding hydrogens is 364 g/mol. The van der Waals surface area contributed by atoms with E-state index in [-0.39, 0.29) is 0 Å². The van der Waals surface area contributed by atoms with Crippen LogP contribution < -0.4 is 15.4 Å². The number of benzene rings is 2. The van der Waals surface area contributed by atoms with Gasteiger partial charge in [-0.15, -0.1) is 10.2 Å². The number of nitrogens with zero attached hydrogens (tertiary/aromatic N) is 4. The van der Waals surface area contributed by atoms with Crippen LogP contribution >= 0.6 is 0 Å². The van der Waals surface area contributed by atoms with Crippen LogP contribution in [0, 0.1) is 13.8 Å². The molecule has 0 atom stereocenters. The molecule has 1 aromatic heterocycles. The van der Waals surface area contributed by atoms with Crippen molar-refractivity contribution in [3.05, 3.63) is 76.9 Å². The molecule has 0 aliphatic heterocycles. The predicted molar refractivity (Wildman–Crippen MR) is 115 cm³/mol. The van der Waals surface area contributed by atoms with Crippen molar-refractivity contribution < 1.29 is 4.74 Å². The van der Waals surface area contributed by atoms with Crippen LogP contribution in [0.3, 0.4) is 0 Å². The topological polar surface area (TPSA) is 76.4 Å². The van der Waals surface area contributed by atoms with E-state index < -0.39 is 0 Å². The van der Waals surface area contributed by atoms with Crippen LogP contribution in [-0.4, -0.2) is 27.8 Å². The summed E-state index contributed by atoms with van der Waals surface area (Å²) >= 11 is 0. The van der Waals surface area contributed by atoms with Gasteiger partial charge in [-0.25, -0.2) is 4.99 Å². The van der Waals surface area contributed by atoms with Crippen molar-refractivity contribution in [3.8, 4) is 5.75 Å². The molecule has 1 heterocycles. The lowest BCUT2D eigenvalue weighted by Gasteiger charge is -2.15. The van der Waals surface area contributed by atoms with E-state index in [4.69, 9.17) is 9.73 Å². The lowest BCUT2D eigenvalue weighted by atomic mass is 10.1. The van der Waals surface area contributed by atoms with E-state index in [9.17, 15) is 0 Å². The minimum atomic E-state index is 0.531. The summed E-state index contributed by atoms with van der Waals surface area (Å²) in [5.74, 6) is 3.30. The quantitative estimate of drug-likeness (QED) is 0.478. The smallest absolute Gasteiger partial charge is 0.192 e. The zero-order valence-electron chi connectivity index (χ0n) is 17.4. The SMILES string of the molecule is COc1cc(C)ccc1CNC(=NCc1ccccc1)NCc1nnc(C)n1C. The lowest BCUT2D eigenvalue weighted by Crippen LogP contribution is -2.37. The van der Waals surface area contributed by atoms with E-state index >= 15 is 0 Å². The zero-order chi connectivity index (χ0) is 20.6. The third kappa shape index (κ3) is 5.57. The van der Waals surface area contributed by atoms with Gasteiger partial charge >= 0.3 is 0 Å². The van der Waals surface area contributed by atoms with Gasteiger partial charge in [0, 0.05) is 19.2 Å². The van der Waals surface area contributed by atoms with Crippen LogP contribution in [0.4, 0.5) is 0 Å². The average molecular weight is 393 g/mol. The van der Waals surface area contributed by atoms with Crippen LogP contribution in [-0.2, 0) is 26.7 Å². The van der Waals surface area contributed by atoms with Crippen molar-refractivity contribution in [1.82, 2.24) is 25.4 Å². The summed E-state index contributed by atoms with van der Waals surface area (Å²) in [5.41, 5.74) is 3.39. The third-order valence-electron chi connectivity index (χ3n) is 4.75. The lowest BCUT2D eigenvalue weighted by molar-refractivity contribution is 0.408. The molecular formula is C22H28N6O. The van der Waals surface area contributed by atoms with Gasteiger partial charge in [-0.3, -0.25) is 0 Å². The van der Waals surface area contributed by atoms with Gasteiger partial charge < -0.3 is 19.9 Å². The maximum Gasteiger partial charge on any atom is 0.192 e. The van der Waals surface area contributed by atoms with Gasteiger partial charge in [0.1, 0.15) is 11.6 Å². The number of aromatic nitrogens is 3. The molecule has 0 radical (unpaired) electrons. The molecule has 7 nitrogen and oxygen atoms in total. The number of hydrogen-bond donors (Lipinski definition) is 2. The minimum absolute atomic E-state index is 0.531. The van der Waals surface area contributed by atoms with Crippen LogP contribution in [0.1, 0.15) is 28.3 Å². The van der Waals surface area contributed by atoms with Crippen molar-refractivity contribution in [1.29, 1.82) is 0 Å². The van der Waals surface area contributed by atoms with Crippen molar-refractivity contribution in [2.45, 2.75) is 33.5 Å². The van der Waals surface area contributed by atoms with Gasteiger partial charge in [0.25, 0.3) is 0 Å². The summed E-state index contributed by atoms with van der Waals surface area (Å²) in [6, 6.07) is 16.4. The molecule has 0 saturated heterocycles. The van der Waals surface area contributed by atoms with Crippen LogP contribution in [0.2, 0.25) is 0 Å². The molecule has 2 aromatic carbocycles. The van der Waals surface area contributed by atoms with E-state index in [1.54, 1.807) is 7.11 Å². The summed E-state index contributed by atoms with van der Waals surface area (Å²) in [4.78, 5) is 4.73. The number of aliphatic imine (C=N–C) groups is 1. The number of ether oxygens (including phenoxy) is 1. The Labute approximate surface area is 171 Å². The third-order valence-corrected chi connectivity index (χ3v) is 4.75. The summed E-state index contributed by atoms with van der Waals surface area (Å²) < 4.78 is 7.48. The molecule has 0 unspecified atom stereocenters. The molecule has 0 fully saturated rings. The number of aryl methyl sites for hydroxylation is 2. The Kier molecular flexibility index (Phi) is 6.84. The van der Waals surface area contributed by atoms with Crippen molar-refractivity contribution in [2.75, 3.05) is 7.11 Å². The van der Waals surface area contributed by atoms with Crippen molar-refractivity contribution in [2.24, 2.45) is 12.0 Å². The molecule has 0 amide bonds. The Bertz CT molecular complexity index is 965. The Morgan fingerprint density at radius 2 is 1.79 bits per heavy atom. The number of hydrogen-bond acceptors (Lipinski definition) is 4. The maximum absolute atomic E-state index is 5.51. The van der Waals surface area contributed by atoms with Gasteiger partial charge in [-0.2, -0.15) is 0 Å². The fraction of sp³-hybridized carbons (Fsp3) is 0.318. The van der Waals surface area contributed by atoms with Gasteiger partial charge in [0.2, 0.25) is 0 Å².